The van der Waals surface area contributed by atoms with Crippen LogP contribution in [0.5, 0.6) is 0 Å². The molecular formula is C14H10FIO2S. The van der Waals surface area contributed by atoms with E-state index in [-0.39, 0.29) is 5.56 Å². The van der Waals surface area contributed by atoms with Crippen LogP contribution in [-0.4, -0.2) is 13.1 Å². The maximum atomic E-state index is 13.7. The van der Waals surface area contributed by atoms with Crippen LogP contribution in [0, 0.1) is 9.39 Å². The van der Waals surface area contributed by atoms with Gasteiger partial charge in [-0.15, -0.1) is 0 Å². The quantitative estimate of drug-likeness (QED) is 0.577. The maximum absolute atomic E-state index is 13.7. The normalized spacial score (nSPS) is 10.3. The molecule has 0 N–H and O–H groups in total. The lowest BCUT2D eigenvalue weighted by Crippen LogP contribution is -2.04. The van der Waals surface area contributed by atoms with Crippen molar-refractivity contribution < 1.29 is 13.9 Å². The first-order valence-corrected chi connectivity index (χ1v) is 7.31. The van der Waals surface area contributed by atoms with Crippen molar-refractivity contribution in [3.63, 3.8) is 0 Å². The predicted molar refractivity (Wildman–Crippen MR) is 81.0 cm³/mol. The van der Waals surface area contributed by atoms with Crippen molar-refractivity contribution in [3.8, 4) is 0 Å². The average molecular weight is 388 g/mol. The van der Waals surface area contributed by atoms with Crippen LogP contribution >= 0.6 is 34.4 Å². The molecule has 2 rings (SSSR count). The molecule has 5 heteroatoms. The van der Waals surface area contributed by atoms with Crippen molar-refractivity contribution in [1.29, 1.82) is 0 Å². The van der Waals surface area contributed by atoms with Crippen LogP contribution in [0.2, 0.25) is 0 Å². The Morgan fingerprint density at radius 2 is 1.79 bits per heavy atom. The number of halogens is 2. The van der Waals surface area contributed by atoms with E-state index < -0.39 is 11.8 Å². The highest BCUT2D eigenvalue weighted by atomic mass is 127. The monoisotopic (exact) mass is 388 g/mol. The van der Waals surface area contributed by atoms with E-state index in [1.807, 2.05) is 24.3 Å². The minimum absolute atomic E-state index is 0.0468. The zero-order chi connectivity index (χ0) is 13.8. The lowest BCUT2D eigenvalue weighted by Gasteiger charge is -2.05. The van der Waals surface area contributed by atoms with Crippen molar-refractivity contribution in [1.82, 2.24) is 0 Å². The van der Waals surface area contributed by atoms with Gasteiger partial charge in [-0.25, -0.2) is 9.18 Å². The Kier molecular flexibility index (Phi) is 4.81. The summed E-state index contributed by atoms with van der Waals surface area (Å²) >= 11 is 3.67. The van der Waals surface area contributed by atoms with Crippen molar-refractivity contribution in [2.24, 2.45) is 0 Å². The molecular weight excluding hydrogens is 378 g/mol. The van der Waals surface area contributed by atoms with Gasteiger partial charge in [-0.1, -0.05) is 11.8 Å². The Morgan fingerprint density at radius 1 is 1.16 bits per heavy atom. The number of carbonyl (C=O) groups is 1. The van der Waals surface area contributed by atoms with E-state index >= 15 is 0 Å². The standard InChI is InChI=1S/C14H10FIO2S/c1-18-14(17)12-7-6-11(8-13(12)15)19-10-4-2-9(16)3-5-10/h2-8H,1H3. The summed E-state index contributed by atoms with van der Waals surface area (Å²) in [6.45, 7) is 0. The van der Waals surface area contributed by atoms with Crippen LogP contribution in [0.15, 0.2) is 52.3 Å². The Bertz CT molecular complexity index is 599. The molecule has 0 aliphatic carbocycles. The van der Waals surface area contributed by atoms with E-state index in [1.165, 1.54) is 31.0 Å². The Morgan fingerprint density at radius 3 is 2.37 bits per heavy atom. The second kappa shape index (κ2) is 6.38. The summed E-state index contributed by atoms with van der Waals surface area (Å²) in [6, 6.07) is 12.4. The lowest BCUT2D eigenvalue weighted by molar-refractivity contribution is 0.0595. The van der Waals surface area contributed by atoms with Gasteiger partial charge in [0.25, 0.3) is 0 Å². The van der Waals surface area contributed by atoms with Gasteiger partial charge in [0.2, 0.25) is 0 Å². The minimum Gasteiger partial charge on any atom is -0.465 e. The average Bonchev–Trinajstić information content (AvgIpc) is 2.41. The molecule has 0 saturated heterocycles. The first-order chi connectivity index (χ1) is 9.10. The van der Waals surface area contributed by atoms with Crippen LogP contribution in [0.25, 0.3) is 0 Å². The predicted octanol–water partition coefficient (Wildman–Crippen LogP) is 4.37. The summed E-state index contributed by atoms with van der Waals surface area (Å²) in [6.07, 6.45) is 0. The molecule has 2 nitrogen and oxygen atoms in total. The SMILES string of the molecule is COC(=O)c1ccc(Sc2ccc(I)cc2)cc1F. The summed E-state index contributed by atoms with van der Waals surface area (Å²) in [5.41, 5.74) is -0.0468. The van der Waals surface area contributed by atoms with Gasteiger partial charge in [0.05, 0.1) is 12.7 Å². The van der Waals surface area contributed by atoms with E-state index in [4.69, 9.17) is 0 Å². The third kappa shape index (κ3) is 3.70. The zero-order valence-electron chi connectivity index (χ0n) is 10.0. The van der Waals surface area contributed by atoms with Gasteiger partial charge < -0.3 is 4.74 Å². The van der Waals surface area contributed by atoms with Crippen molar-refractivity contribution in [2.75, 3.05) is 7.11 Å². The van der Waals surface area contributed by atoms with Crippen molar-refractivity contribution in [2.45, 2.75) is 9.79 Å². The first-order valence-electron chi connectivity index (χ1n) is 5.41. The van der Waals surface area contributed by atoms with Gasteiger partial charge in [-0.05, 0) is 65.1 Å². The Labute approximate surface area is 128 Å². The van der Waals surface area contributed by atoms with Crippen LogP contribution in [0.4, 0.5) is 4.39 Å². The van der Waals surface area contributed by atoms with E-state index in [0.29, 0.717) is 0 Å². The summed E-state index contributed by atoms with van der Waals surface area (Å²) in [4.78, 5) is 13.0. The van der Waals surface area contributed by atoms with Gasteiger partial charge in [0, 0.05) is 13.4 Å². The smallest absolute Gasteiger partial charge is 0.340 e. The van der Waals surface area contributed by atoms with Crippen LogP contribution in [-0.2, 0) is 4.74 Å². The summed E-state index contributed by atoms with van der Waals surface area (Å²) in [7, 11) is 1.23. The van der Waals surface area contributed by atoms with Gasteiger partial charge >= 0.3 is 5.97 Å². The van der Waals surface area contributed by atoms with E-state index in [0.717, 1.165) is 13.4 Å². The molecule has 2 aromatic rings. The van der Waals surface area contributed by atoms with Gasteiger partial charge in [-0.3, -0.25) is 0 Å². The molecule has 2 aromatic carbocycles. The van der Waals surface area contributed by atoms with Crippen LogP contribution in [0.3, 0.4) is 0 Å². The number of hydrogen-bond donors (Lipinski definition) is 0. The van der Waals surface area contributed by atoms with E-state index in [1.54, 1.807) is 6.07 Å². The topological polar surface area (TPSA) is 26.3 Å². The highest BCUT2D eigenvalue weighted by Crippen LogP contribution is 2.29. The number of hydrogen-bond acceptors (Lipinski definition) is 3. The van der Waals surface area contributed by atoms with Crippen LogP contribution < -0.4 is 0 Å². The Hall–Kier alpha value is -1.08. The molecule has 0 amide bonds. The molecule has 0 bridgehead atoms. The number of esters is 1. The molecule has 19 heavy (non-hydrogen) atoms. The second-order valence-corrected chi connectivity index (χ2v) is 6.08. The van der Waals surface area contributed by atoms with Crippen molar-refractivity contribution >= 4 is 40.3 Å². The maximum Gasteiger partial charge on any atom is 0.340 e. The molecule has 0 aliphatic heterocycles. The fourth-order valence-corrected chi connectivity index (χ4v) is 2.68. The fraction of sp³-hybridized carbons (Fsp3) is 0.0714. The van der Waals surface area contributed by atoms with E-state index in [9.17, 15) is 9.18 Å². The van der Waals surface area contributed by atoms with Gasteiger partial charge in [0.1, 0.15) is 5.82 Å². The summed E-state index contributed by atoms with van der Waals surface area (Å²) < 4.78 is 19.4. The third-order valence-electron chi connectivity index (χ3n) is 2.40. The molecule has 0 aliphatic rings. The largest absolute Gasteiger partial charge is 0.465 e. The number of rotatable bonds is 3. The minimum atomic E-state index is -0.664. The third-order valence-corrected chi connectivity index (χ3v) is 4.11. The number of benzene rings is 2. The number of methoxy groups -OCH3 is 1. The Balaban J connectivity index is 2.20. The zero-order valence-corrected chi connectivity index (χ0v) is 13.0. The highest BCUT2D eigenvalue weighted by Gasteiger charge is 2.12. The molecule has 0 radical (unpaired) electrons. The fourth-order valence-electron chi connectivity index (χ4n) is 1.47. The molecule has 0 saturated carbocycles. The van der Waals surface area contributed by atoms with Crippen molar-refractivity contribution in [3.05, 3.63) is 57.4 Å². The summed E-state index contributed by atoms with van der Waals surface area (Å²) in [5.74, 6) is -1.23. The molecule has 0 fully saturated rings. The highest BCUT2D eigenvalue weighted by molar-refractivity contribution is 14.1. The second-order valence-electron chi connectivity index (χ2n) is 3.69. The molecule has 0 heterocycles. The molecule has 0 unspecified atom stereocenters. The first kappa shape index (κ1) is 14.3. The molecule has 98 valence electrons. The molecule has 0 aromatic heterocycles. The molecule has 0 atom stereocenters. The van der Waals surface area contributed by atoms with Gasteiger partial charge in [-0.2, -0.15) is 0 Å². The number of ether oxygens (including phenoxy) is 1. The lowest BCUT2D eigenvalue weighted by atomic mass is 10.2. The van der Waals surface area contributed by atoms with Crippen LogP contribution in [0.1, 0.15) is 10.4 Å². The van der Waals surface area contributed by atoms with E-state index in [2.05, 4.69) is 27.3 Å². The summed E-state index contributed by atoms with van der Waals surface area (Å²) in [5, 5.41) is 0. The number of carbonyl (C=O) groups excluding carboxylic acids is 1. The molecule has 0 spiro atoms. The van der Waals surface area contributed by atoms with Gasteiger partial charge in [0.15, 0.2) is 0 Å².